The molecule has 174 valence electrons. The van der Waals surface area contributed by atoms with Crippen molar-refractivity contribution < 1.29 is 4.79 Å². The van der Waals surface area contributed by atoms with Gasteiger partial charge in [-0.2, -0.15) is 5.10 Å². The number of amidine groups is 1. The highest BCUT2D eigenvalue weighted by Gasteiger charge is 2.64. The Hall–Kier alpha value is -2.48. The number of nitrogens with zero attached hydrogens (tertiary/aromatic N) is 2. The molecule has 1 saturated heterocycles. The fraction of sp³-hybridized carbons (Fsp3) is 0.417. The molecule has 2 aromatic rings. The lowest BCUT2D eigenvalue weighted by molar-refractivity contribution is -0.133. The van der Waals surface area contributed by atoms with Crippen LogP contribution in [-0.4, -0.2) is 17.8 Å². The van der Waals surface area contributed by atoms with Gasteiger partial charge in [-0.3, -0.25) is 4.79 Å². The molecule has 1 aliphatic heterocycles. The zero-order chi connectivity index (χ0) is 24.0. The summed E-state index contributed by atoms with van der Waals surface area (Å²) in [5.74, 6) is 5.24. The predicted molar refractivity (Wildman–Crippen MR) is 130 cm³/mol. The van der Waals surface area contributed by atoms with Gasteiger partial charge in [0.05, 0.1) is 11.0 Å². The third kappa shape index (κ3) is 3.54. The molecule has 1 saturated carbocycles. The van der Waals surface area contributed by atoms with E-state index in [1.165, 1.54) is 0 Å². The van der Waals surface area contributed by atoms with Gasteiger partial charge >= 0.3 is 0 Å². The van der Waals surface area contributed by atoms with E-state index in [9.17, 15) is 4.79 Å². The minimum atomic E-state index is -0.868. The molecule has 0 aromatic heterocycles. The van der Waals surface area contributed by atoms with Crippen LogP contribution in [0.1, 0.15) is 55.7 Å². The molecule has 2 aromatic carbocycles. The molecule has 5 unspecified atom stereocenters. The number of benzene rings is 2. The van der Waals surface area contributed by atoms with E-state index >= 15 is 0 Å². The van der Waals surface area contributed by atoms with Crippen molar-refractivity contribution in [3.05, 3.63) is 69.2 Å². The van der Waals surface area contributed by atoms with Crippen molar-refractivity contribution in [2.24, 2.45) is 33.1 Å². The summed E-state index contributed by atoms with van der Waals surface area (Å²) < 4.78 is 0. The van der Waals surface area contributed by atoms with Crippen LogP contribution in [0.2, 0.25) is 10.0 Å². The maximum absolute atomic E-state index is 13.2. The number of nitrogens with two attached hydrogens (primary N) is 2. The first-order chi connectivity index (χ1) is 15.7. The van der Waals surface area contributed by atoms with Crippen LogP contribution in [0.4, 0.5) is 0 Å². The van der Waals surface area contributed by atoms with Crippen molar-refractivity contribution in [3.8, 4) is 0 Å². The molecule has 2 aliphatic rings. The number of rotatable bonds is 4. The van der Waals surface area contributed by atoms with E-state index in [-0.39, 0.29) is 29.6 Å². The Morgan fingerprint density at radius 3 is 2.52 bits per heavy atom. The molecule has 5 atom stereocenters. The topological polar surface area (TPSA) is 130 Å². The molecular weight excluding hydrogens is 459 g/mol. The number of nitrogens with one attached hydrogen (secondary N) is 2. The molecule has 0 spiro atoms. The Morgan fingerprint density at radius 1 is 1.24 bits per heavy atom. The largest absolute Gasteiger partial charge is 0.353 e. The van der Waals surface area contributed by atoms with Crippen LogP contribution in [0.15, 0.2) is 52.7 Å². The van der Waals surface area contributed by atoms with Crippen molar-refractivity contribution >= 4 is 34.9 Å². The number of carbonyl (C=O) groups excluding carboxylic acids is 1. The second-order valence-electron chi connectivity index (χ2n) is 9.08. The summed E-state index contributed by atoms with van der Waals surface area (Å²) in [5.41, 5.74) is 15.7. The van der Waals surface area contributed by atoms with Crippen molar-refractivity contribution in [1.29, 1.82) is 5.53 Å². The molecule has 0 bridgehead atoms. The summed E-state index contributed by atoms with van der Waals surface area (Å²) in [6.07, 6.45) is 2.13. The quantitative estimate of drug-likeness (QED) is 0.161. The highest BCUT2D eigenvalue weighted by atomic mass is 35.5. The average Bonchev–Trinajstić information content (AvgIpc) is 3.06. The third-order valence-electron chi connectivity index (χ3n) is 7.71. The van der Waals surface area contributed by atoms with E-state index in [4.69, 9.17) is 40.3 Å². The minimum Gasteiger partial charge on any atom is -0.353 e. The van der Waals surface area contributed by atoms with Crippen molar-refractivity contribution in [2.45, 2.75) is 50.6 Å². The summed E-state index contributed by atoms with van der Waals surface area (Å²) in [6, 6.07) is 12.9. The molecule has 2 fully saturated rings. The Labute approximate surface area is 203 Å². The first-order valence-corrected chi connectivity index (χ1v) is 11.8. The first-order valence-electron chi connectivity index (χ1n) is 11.0. The van der Waals surface area contributed by atoms with Crippen LogP contribution in [0.5, 0.6) is 0 Å². The molecule has 1 heterocycles. The molecule has 33 heavy (non-hydrogen) atoms. The monoisotopic (exact) mass is 486 g/mol. The number of hydrogen-bond donors (Lipinski definition) is 4. The van der Waals surface area contributed by atoms with E-state index in [0.717, 1.165) is 17.5 Å². The van der Waals surface area contributed by atoms with Gasteiger partial charge in [0.25, 0.3) is 0 Å². The van der Waals surface area contributed by atoms with Crippen LogP contribution < -0.4 is 16.9 Å². The predicted octanol–water partition coefficient (Wildman–Crippen LogP) is 4.91. The smallest absolute Gasteiger partial charge is 0.226 e. The van der Waals surface area contributed by atoms with Gasteiger partial charge in [-0.25, -0.2) is 5.53 Å². The number of hydrazone groups is 1. The van der Waals surface area contributed by atoms with Gasteiger partial charge in [0.1, 0.15) is 0 Å². The Balaban J connectivity index is 1.90. The normalized spacial score (nSPS) is 31.7. The van der Waals surface area contributed by atoms with E-state index in [0.29, 0.717) is 28.5 Å². The molecule has 6 N–H and O–H groups in total. The van der Waals surface area contributed by atoms with Crippen LogP contribution in [-0.2, 0) is 10.3 Å². The minimum absolute atomic E-state index is 0.0760. The Kier molecular flexibility index (Phi) is 6.24. The van der Waals surface area contributed by atoms with E-state index < -0.39 is 11.0 Å². The SMILES string of the molecule is CCC12CCC(c3ccc(/C(N=N)=N/N)cc3Cl)C(N)(c3ccc(Cl)cc3)C1C(C)NC2=O. The van der Waals surface area contributed by atoms with Crippen molar-refractivity contribution in [1.82, 2.24) is 5.32 Å². The molecular formula is C24H28Cl2N6O. The second-order valence-corrected chi connectivity index (χ2v) is 9.93. The summed E-state index contributed by atoms with van der Waals surface area (Å²) in [7, 11) is 0. The molecule has 1 aliphatic carbocycles. The third-order valence-corrected chi connectivity index (χ3v) is 8.29. The summed E-state index contributed by atoms with van der Waals surface area (Å²) in [5, 5.41) is 11.2. The standard InChI is InChI=1S/C24H28Cl2N6O/c1-3-23-11-10-18(17-9-4-14(12-19(17)26)21(31-28)32-29)24(27,15-5-7-16(25)8-6-15)20(23)13(2)30-22(23)33/h4-9,12-13,18,20,28H,3,10-11,27,29H2,1-2H3,(H,30,33)/b31-28?,32-21-. The second kappa shape index (κ2) is 8.70. The molecule has 4 rings (SSSR count). The van der Waals surface area contributed by atoms with Crippen LogP contribution in [0.3, 0.4) is 0 Å². The van der Waals surface area contributed by atoms with Gasteiger partial charge in [0, 0.05) is 33.5 Å². The lowest BCUT2D eigenvalue weighted by Crippen LogP contribution is -2.60. The molecule has 0 radical (unpaired) electrons. The maximum atomic E-state index is 13.2. The number of fused-ring (bicyclic) bond motifs is 1. The van der Waals surface area contributed by atoms with Crippen molar-refractivity contribution in [3.63, 3.8) is 0 Å². The van der Waals surface area contributed by atoms with Gasteiger partial charge in [0.2, 0.25) is 5.91 Å². The lowest BCUT2D eigenvalue weighted by Gasteiger charge is -2.54. The molecule has 7 nitrogen and oxygen atoms in total. The Bertz CT molecular complexity index is 1120. The molecule has 1 amide bonds. The van der Waals surface area contributed by atoms with Crippen LogP contribution in [0, 0.1) is 16.9 Å². The summed E-state index contributed by atoms with van der Waals surface area (Å²) in [4.78, 5) is 13.2. The number of amides is 1. The van der Waals surface area contributed by atoms with Crippen LogP contribution in [0.25, 0.3) is 0 Å². The number of halogens is 2. The zero-order valence-electron chi connectivity index (χ0n) is 18.6. The average molecular weight is 487 g/mol. The summed E-state index contributed by atoms with van der Waals surface area (Å²) >= 11 is 13.0. The number of hydrogen-bond acceptors (Lipinski definition) is 5. The Morgan fingerprint density at radius 2 is 1.94 bits per heavy atom. The van der Waals surface area contributed by atoms with Gasteiger partial charge in [-0.1, -0.05) is 54.4 Å². The highest BCUT2D eigenvalue weighted by Crippen LogP contribution is 2.61. The van der Waals surface area contributed by atoms with Gasteiger partial charge in [-0.05, 0) is 55.5 Å². The first kappa shape index (κ1) is 23.7. The highest BCUT2D eigenvalue weighted by molar-refractivity contribution is 6.32. The fourth-order valence-corrected chi connectivity index (χ4v) is 6.70. The summed E-state index contributed by atoms with van der Waals surface area (Å²) in [6.45, 7) is 4.09. The fourth-order valence-electron chi connectivity index (χ4n) is 6.26. The van der Waals surface area contributed by atoms with Gasteiger partial charge < -0.3 is 16.9 Å². The van der Waals surface area contributed by atoms with E-state index in [1.807, 2.05) is 37.3 Å². The van der Waals surface area contributed by atoms with Crippen LogP contribution >= 0.6 is 23.2 Å². The maximum Gasteiger partial charge on any atom is 0.226 e. The van der Waals surface area contributed by atoms with E-state index in [2.05, 4.69) is 22.5 Å². The van der Waals surface area contributed by atoms with Gasteiger partial charge in [-0.15, -0.1) is 5.11 Å². The lowest BCUT2D eigenvalue weighted by atomic mass is 9.50. The van der Waals surface area contributed by atoms with Gasteiger partial charge in [0.15, 0.2) is 5.84 Å². The molecule has 9 heteroatoms. The zero-order valence-corrected chi connectivity index (χ0v) is 20.1. The number of carbonyl (C=O) groups is 1. The van der Waals surface area contributed by atoms with Crippen molar-refractivity contribution in [2.75, 3.05) is 0 Å². The van der Waals surface area contributed by atoms with E-state index in [1.54, 1.807) is 12.1 Å².